The number of fused-ring (bicyclic) bond motifs is 1. The number of thioether (sulfide) groups is 1. The number of amides is 1. The summed E-state index contributed by atoms with van der Waals surface area (Å²) in [5.74, 6) is 0.914. The maximum atomic E-state index is 12.5. The third-order valence-electron chi connectivity index (χ3n) is 4.12. The molecule has 0 spiro atoms. The molecule has 1 amide bonds. The van der Waals surface area contributed by atoms with Gasteiger partial charge in [0.15, 0.2) is 5.13 Å². The van der Waals surface area contributed by atoms with Crippen molar-refractivity contribution in [2.45, 2.75) is 44.7 Å². The van der Waals surface area contributed by atoms with Crippen LogP contribution in [0.25, 0.3) is 0 Å². The van der Waals surface area contributed by atoms with Crippen molar-refractivity contribution in [2.24, 2.45) is 0 Å². The number of nitrogens with zero attached hydrogens (tertiary/aromatic N) is 2. The lowest BCUT2D eigenvalue weighted by Gasteiger charge is -2.29. The molecule has 0 saturated heterocycles. The van der Waals surface area contributed by atoms with Crippen LogP contribution in [0.5, 0.6) is 0 Å². The molecule has 1 aromatic carbocycles. The van der Waals surface area contributed by atoms with E-state index in [1.165, 1.54) is 4.88 Å². The first kappa shape index (κ1) is 17.5. The molecule has 1 N–H and O–H groups in total. The summed E-state index contributed by atoms with van der Waals surface area (Å²) in [4.78, 5) is 22.0. The predicted molar refractivity (Wildman–Crippen MR) is 102 cm³/mol. The number of nitrogens with one attached hydrogen (secondary N) is 1. The highest BCUT2D eigenvalue weighted by molar-refractivity contribution is 7.99. The van der Waals surface area contributed by atoms with Gasteiger partial charge >= 0.3 is 0 Å². The Labute approximate surface area is 151 Å². The summed E-state index contributed by atoms with van der Waals surface area (Å²) in [6.45, 7) is 8.52. The van der Waals surface area contributed by atoms with Gasteiger partial charge in [-0.25, -0.2) is 4.98 Å². The number of hydrogen-bond donors (Lipinski definition) is 1. The minimum Gasteiger partial charge on any atom is -0.298 e. The molecule has 6 heteroatoms. The van der Waals surface area contributed by atoms with Gasteiger partial charge in [0.25, 0.3) is 5.91 Å². The zero-order valence-corrected chi connectivity index (χ0v) is 16.0. The molecule has 0 aliphatic carbocycles. The van der Waals surface area contributed by atoms with E-state index in [4.69, 9.17) is 0 Å². The summed E-state index contributed by atoms with van der Waals surface area (Å²) >= 11 is 3.34. The Balaban J connectivity index is 1.71. The van der Waals surface area contributed by atoms with E-state index in [0.29, 0.717) is 16.7 Å². The van der Waals surface area contributed by atoms with Crippen LogP contribution in [0.4, 0.5) is 5.13 Å². The largest absolute Gasteiger partial charge is 0.298 e. The van der Waals surface area contributed by atoms with Crippen molar-refractivity contribution in [2.75, 3.05) is 17.6 Å². The molecule has 3 rings (SSSR count). The maximum Gasteiger partial charge on any atom is 0.257 e. The van der Waals surface area contributed by atoms with Gasteiger partial charge in [-0.1, -0.05) is 13.0 Å². The zero-order valence-electron chi connectivity index (χ0n) is 14.3. The normalized spacial score (nSPS) is 14.7. The fourth-order valence-corrected chi connectivity index (χ4v) is 4.52. The Hall–Kier alpha value is -1.37. The van der Waals surface area contributed by atoms with Crippen molar-refractivity contribution in [1.82, 2.24) is 9.88 Å². The number of benzene rings is 1. The van der Waals surface area contributed by atoms with Crippen molar-refractivity contribution >= 4 is 34.1 Å². The van der Waals surface area contributed by atoms with E-state index in [-0.39, 0.29) is 5.91 Å². The summed E-state index contributed by atoms with van der Waals surface area (Å²) in [5, 5.41) is 3.68. The molecule has 24 heavy (non-hydrogen) atoms. The molecule has 0 radical (unpaired) electrons. The Morgan fingerprint density at radius 3 is 3.04 bits per heavy atom. The molecule has 0 bridgehead atoms. The second-order valence-corrected chi connectivity index (χ2v) is 8.54. The van der Waals surface area contributed by atoms with Gasteiger partial charge in [-0.05, 0) is 37.8 Å². The van der Waals surface area contributed by atoms with Gasteiger partial charge in [-0.2, -0.15) is 0 Å². The van der Waals surface area contributed by atoms with Crippen LogP contribution in [-0.4, -0.2) is 34.1 Å². The molecule has 128 valence electrons. The Morgan fingerprint density at radius 2 is 2.29 bits per heavy atom. The van der Waals surface area contributed by atoms with Crippen LogP contribution in [0, 0.1) is 0 Å². The Kier molecular flexibility index (Phi) is 5.58. The third-order valence-corrected chi connectivity index (χ3v) is 5.99. The lowest BCUT2D eigenvalue weighted by Crippen LogP contribution is -2.35. The second kappa shape index (κ2) is 7.68. The maximum absolute atomic E-state index is 12.5. The SMILES string of the molecule is CCSc1cccc(C(=O)Nc2nc3c(s2)CN(C(C)C)CC3)c1. The monoisotopic (exact) mass is 361 g/mol. The second-order valence-electron chi connectivity index (χ2n) is 6.12. The van der Waals surface area contributed by atoms with Crippen molar-refractivity contribution in [3.63, 3.8) is 0 Å². The van der Waals surface area contributed by atoms with Crippen LogP contribution in [0.3, 0.4) is 0 Å². The number of rotatable bonds is 5. The van der Waals surface area contributed by atoms with Crippen LogP contribution in [0.1, 0.15) is 41.7 Å². The molecule has 1 aromatic heterocycles. The predicted octanol–water partition coefficient (Wildman–Crippen LogP) is 4.27. The molecule has 1 aliphatic heterocycles. The Morgan fingerprint density at radius 1 is 1.46 bits per heavy atom. The van der Waals surface area contributed by atoms with Gasteiger partial charge < -0.3 is 0 Å². The van der Waals surface area contributed by atoms with Gasteiger partial charge in [-0.3, -0.25) is 15.0 Å². The van der Waals surface area contributed by atoms with Crippen molar-refractivity contribution in [1.29, 1.82) is 0 Å². The molecule has 4 nitrogen and oxygen atoms in total. The van der Waals surface area contributed by atoms with E-state index in [0.717, 1.165) is 35.9 Å². The first-order chi connectivity index (χ1) is 11.6. The van der Waals surface area contributed by atoms with Crippen LogP contribution >= 0.6 is 23.1 Å². The lowest BCUT2D eigenvalue weighted by atomic mass is 10.1. The van der Waals surface area contributed by atoms with Crippen LogP contribution in [0.2, 0.25) is 0 Å². The first-order valence-electron chi connectivity index (χ1n) is 8.33. The van der Waals surface area contributed by atoms with Crippen molar-refractivity contribution < 1.29 is 4.79 Å². The van der Waals surface area contributed by atoms with Crippen LogP contribution in [-0.2, 0) is 13.0 Å². The van der Waals surface area contributed by atoms with Crippen molar-refractivity contribution in [3.05, 3.63) is 40.4 Å². The average molecular weight is 362 g/mol. The average Bonchev–Trinajstić information content (AvgIpc) is 2.96. The van der Waals surface area contributed by atoms with E-state index in [1.54, 1.807) is 23.1 Å². The molecule has 0 saturated carbocycles. The summed E-state index contributed by atoms with van der Waals surface area (Å²) < 4.78 is 0. The summed E-state index contributed by atoms with van der Waals surface area (Å²) in [5.41, 5.74) is 1.83. The smallest absolute Gasteiger partial charge is 0.257 e. The topological polar surface area (TPSA) is 45.2 Å². The molecule has 2 aromatic rings. The summed E-state index contributed by atoms with van der Waals surface area (Å²) in [6, 6.07) is 8.30. The number of aromatic nitrogens is 1. The third kappa shape index (κ3) is 3.99. The van der Waals surface area contributed by atoms with E-state index in [2.05, 4.69) is 36.0 Å². The van der Waals surface area contributed by atoms with E-state index < -0.39 is 0 Å². The number of carbonyl (C=O) groups excluding carboxylic acids is 1. The van der Waals surface area contributed by atoms with Gasteiger partial charge in [0.05, 0.1) is 5.69 Å². The molecule has 1 aliphatic rings. The standard InChI is InChI=1S/C18H23N3OS2/c1-4-23-14-7-5-6-13(10-14)17(22)20-18-19-15-8-9-21(12(2)3)11-16(15)24-18/h5-7,10,12H,4,8-9,11H2,1-3H3,(H,19,20,22). The lowest BCUT2D eigenvalue weighted by molar-refractivity contribution is 0.102. The zero-order chi connectivity index (χ0) is 17.1. The summed E-state index contributed by atoms with van der Waals surface area (Å²) in [6.07, 6.45) is 0.961. The molecular formula is C18H23N3OS2. The van der Waals surface area contributed by atoms with Crippen molar-refractivity contribution in [3.8, 4) is 0 Å². The highest BCUT2D eigenvalue weighted by Gasteiger charge is 2.22. The minimum absolute atomic E-state index is 0.0830. The van der Waals surface area contributed by atoms with Crippen LogP contribution < -0.4 is 5.32 Å². The molecule has 0 fully saturated rings. The number of carbonyl (C=O) groups is 1. The van der Waals surface area contributed by atoms with Gasteiger partial charge in [-0.15, -0.1) is 23.1 Å². The minimum atomic E-state index is -0.0830. The number of thiazole rings is 1. The van der Waals surface area contributed by atoms with Gasteiger partial charge in [0.2, 0.25) is 0 Å². The fourth-order valence-electron chi connectivity index (χ4n) is 2.77. The van der Waals surface area contributed by atoms with E-state index >= 15 is 0 Å². The fraction of sp³-hybridized carbons (Fsp3) is 0.444. The van der Waals surface area contributed by atoms with Gasteiger partial charge in [0, 0.05) is 40.9 Å². The summed E-state index contributed by atoms with van der Waals surface area (Å²) in [7, 11) is 0. The van der Waals surface area contributed by atoms with Crippen LogP contribution in [0.15, 0.2) is 29.2 Å². The van der Waals surface area contributed by atoms with E-state index in [1.807, 2.05) is 24.3 Å². The highest BCUT2D eigenvalue weighted by atomic mass is 32.2. The van der Waals surface area contributed by atoms with Gasteiger partial charge in [0.1, 0.15) is 0 Å². The first-order valence-corrected chi connectivity index (χ1v) is 10.1. The molecule has 2 heterocycles. The number of hydrogen-bond acceptors (Lipinski definition) is 5. The highest BCUT2D eigenvalue weighted by Crippen LogP contribution is 2.29. The number of anilines is 1. The molecular weight excluding hydrogens is 338 g/mol. The molecule has 0 atom stereocenters. The Bertz CT molecular complexity index is 727. The molecule has 0 unspecified atom stereocenters. The quantitative estimate of drug-likeness (QED) is 0.808. The van der Waals surface area contributed by atoms with E-state index in [9.17, 15) is 4.79 Å².